The number of hydrogen-bond donors (Lipinski definition) is 1. The van der Waals surface area contributed by atoms with E-state index in [2.05, 4.69) is 20.5 Å². The van der Waals surface area contributed by atoms with Crippen molar-refractivity contribution in [3.8, 4) is 10.6 Å². The van der Waals surface area contributed by atoms with E-state index in [4.69, 9.17) is 4.74 Å². The summed E-state index contributed by atoms with van der Waals surface area (Å²) in [5.41, 5.74) is 1.07. The molecule has 5 nitrogen and oxygen atoms in total. The molecule has 0 aromatic carbocycles. The molecule has 0 aliphatic heterocycles. The Kier molecular flexibility index (Phi) is 5.19. The third-order valence-corrected chi connectivity index (χ3v) is 3.42. The van der Waals surface area contributed by atoms with Crippen molar-refractivity contribution in [2.24, 2.45) is 0 Å². The second kappa shape index (κ2) is 7.15. The highest BCUT2D eigenvalue weighted by atomic mass is 32.1. The fourth-order valence-corrected chi connectivity index (χ4v) is 2.30. The highest BCUT2D eigenvalue weighted by Crippen LogP contribution is 2.22. The lowest BCUT2D eigenvalue weighted by molar-refractivity contribution is 0.199. The zero-order valence-corrected chi connectivity index (χ0v) is 11.1. The van der Waals surface area contributed by atoms with E-state index in [1.165, 1.54) is 0 Å². The minimum absolute atomic E-state index is 0.735. The summed E-state index contributed by atoms with van der Waals surface area (Å²) in [4.78, 5) is 3.99. The second-order valence-electron chi connectivity index (χ2n) is 3.73. The van der Waals surface area contributed by atoms with Gasteiger partial charge in [-0.05, 0) is 12.1 Å². The summed E-state index contributed by atoms with van der Waals surface area (Å²) in [6.07, 6.45) is 4.43. The smallest absolute Gasteiger partial charge is 0.147 e. The lowest BCUT2D eigenvalue weighted by Crippen LogP contribution is -2.21. The van der Waals surface area contributed by atoms with Gasteiger partial charge in [-0.2, -0.15) is 0 Å². The number of methoxy groups -OCH3 is 1. The Labute approximate surface area is 110 Å². The fourth-order valence-electron chi connectivity index (χ4n) is 1.46. The third kappa shape index (κ3) is 3.83. The SMILES string of the molecule is COCCNCCc1nnc(-c2ccncc2)s1. The predicted octanol–water partition coefficient (Wildman–Crippen LogP) is 1.38. The van der Waals surface area contributed by atoms with Gasteiger partial charge in [0.2, 0.25) is 0 Å². The third-order valence-electron chi connectivity index (χ3n) is 2.39. The molecule has 2 aromatic heterocycles. The quantitative estimate of drug-likeness (QED) is 0.766. The summed E-state index contributed by atoms with van der Waals surface area (Å²) in [7, 11) is 1.70. The summed E-state index contributed by atoms with van der Waals surface area (Å²) < 4.78 is 4.96. The van der Waals surface area contributed by atoms with Crippen LogP contribution < -0.4 is 5.32 Å². The normalized spacial score (nSPS) is 10.7. The minimum atomic E-state index is 0.735. The number of nitrogens with one attached hydrogen (secondary N) is 1. The van der Waals surface area contributed by atoms with Gasteiger partial charge < -0.3 is 10.1 Å². The van der Waals surface area contributed by atoms with Crippen molar-refractivity contribution in [2.75, 3.05) is 26.8 Å². The maximum atomic E-state index is 4.96. The number of rotatable bonds is 7. The first-order valence-corrected chi connectivity index (χ1v) is 6.64. The average Bonchev–Trinajstić information content (AvgIpc) is 2.88. The topological polar surface area (TPSA) is 59.9 Å². The van der Waals surface area contributed by atoms with Gasteiger partial charge in [-0.3, -0.25) is 4.98 Å². The molecule has 0 fully saturated rings. The van der Waals surface area contributed by atoms with E-state index in [1.807, 2.05) is 12.1 Å². The molecule has 0 unspecified atom stereocenters. The molecule has 0 amide bonds. The van der Waals surface area contributed by atoms with Crippen LogP contribution in [0.3, 0.4) is 0 Å². The molecule has 0 spiro atoms. The summed E-state index contributed by atoms with van der Waals surface area (Å²) in [6, 6.07) is 3.89. The molecule has 0 bridgehead atoms. The van der Waals surface area contributed by atoms with Crippen LogP contribution in [0.15, 0.2) is 24.5 Å². The molecule has 1 N–H and O–H groups in total. The number of aromatic nitrogens is 3. The number of pyridine rings is 1. The van der Waals surface area contributed by atoms with Crippen molar-refractivity contribution in [2.45, 2.75) is 6.42 Å². The lowest BCUT2D eigenvalue weighted by atomic mass is 10.3. The molecule has 6 heteroatoms. The van der Waals surface area contributed by atoms with Gasteiger partial charge in [0, 0.05) is 44.6 Å². The Hall–Kier alpha value is -1.37. The number of ether oxygens (including phenoxy) is 1. The molecule has 0 saturated heterocycles. The van der Waals surface area contributed by atoms with Crippen LogP contribution in [-0.2, 0) is 11.2 Å². The van der Waals surface area contributed by atoms with Crippen LogP contribution in [0.2, 0.25) is 0 Å². The van der Waals surface area contributed by atoms with Gasteiger partial charge in [-0.15, -0.1) is 10.2 Å². The zero-order valence-electron chi connectivity index (χ0n) is 10.3. The van der Waals surface area contributed by atoms with E-state index in [1.54, 1.807) is 30.8 Å². The predicted molar refractivity (Wildman–Crippen MR) is 71.6 cm³/mol. The van der Waals surface area contributed by atoms with Crippen LogP contribution in [0.25, 0.3) is 10.6 Å². The summed E-state index contributed by atoms with van der Waals surface area (Å²) in [6.45, 7) is 2.50. The summed E-state index contributed by atoms with van der Waals surface area (Å²) >= 11 is 1.63. The summed E-state index contributed by atoms with van der Waals surface area (Å²) in [5, 5.41) is 13.7. The second-order valence-corrected chi connectivity index (χ2v) is 4.79. The van der Waals surface area contributed by atoms with Gasteiger partial charge in [-0.1, -0.05) is 11.3 Å². The molecule has 0 aliphatic rings. The Morgan fingerprint density at radius 2 is 2.06 bits per heavy atom. The first-order chi connectivity index (χ1) is 8.90. The number of nitrogens with zero attached hydrogens (tertiary/aromatic N) is 3. The van der Waals surface area contributed by atoms with E-state index in [9.17, 15) is 0 Å². The zero-order chi connectivity index (χ0) is 12.6. The molecule has 0 radical (unpaired) electrons. The van der Waals surface area contributed by atoms with E-state index >= 15 is 0 Å². The summed E-state index contributed by atoms with van der Waals surface area (Å²) in [5.74, 6) is 0. The standard InChI is InChI=1S/C12H16N4OS/c1-17-9-8-14-7-4-11-15-16-12(18-11)10-2-5-13-6-3-10/h2-3,5-6,14H,4,7-9H2,1H3. The maximum absolute atomic E-state index is 4.96. The average molecular weight is 264 g/mol. The van der Waals surface area contributed by atoms with Crippen molar-refractivity contribution >= 4 is 11.3 Å². The molecule has 18 heavy (non-hydrogen) atoms. The molecule has 0 atom stereocenters. The van der Waals surface area contributed by atoms with Gasteiger partial charge in [0.25, 0.3) is 0 Å². The molecular weight excluding hydrogens is 248 g/mol. The molecular formula is C12H16N4OS. The maximum Gasteiger partial charge on any atom is 0.147 e. The Morgan fingerprint density at radius 3 is 2.83 bits per heavy atom. The van der Waals surface area contributed by atoms with Crippen molar-refractivity contribution in [3.05, 3.63) is 29.5 Å². The molecule has 2 rings (SSSR count). The van der Waals surface area contributed by atoms with Crippen molar-refractivity contribution < 1.29 is 4.74 Å². The first-order valence-electron chi connectivity index (χ1n) is 5.82. The Bertz CT molecular complexity index is 460. The van der Waals surface area contributed by atoms with Crippen LogP contribution in [0.4, 0.5) is 0 Å². The van der Waals surface area contributed by atoms with Gasteiger partial charge in [-0.25, -0.2) is 0 Å². The molecule has 96 valence electrons. The Morgan fingerprint density at radius 1 is 1.22 bits per heavy atom. The van der Waals surface area contributed by atoms with Crippen molar-refractivity contribution in [1.82, 2.24) is 20.5 Å². The van der Waals surface area contributed by atoms with Crippen LogP contribution in [0.5, 0.6) is 0 Å². The molecule has 0 aliphatic carbocycles. The van der Waals surface area contributed by atoms with Gasteiger partial charge >= 0.3 is 0 Å². The van der Waals surface area contributed by atoms with Crippen molar-refractivity contribution in [3.63, 3.8) is 0 Å². The van der Waals surface area contributed by atoms with E-state index < -0.39 is 0 Å². The van der Waals surface area contributed by atoms with E-state index in [0.29, 0.717) is 0 Å². The fraction of sp³-hybridized carbons (Fsp3) is 0.417. The molecule has 0 saturated carbocycles. The Balaban J connectivity index is 1.83. The van der Waals surface area contributed by atoms with E-state index in [-0.39, 0.29) is 0 Å². The van der Waals surface area contributed by atoms with Gasteiger partial charge in [0.15, 0.2) is 0 Å². The van der Waals surface area contributed by atoms with Crippen LogP contribution in [-0.4, -0.2) is 42.0 Å². The highest BCUT2D eigenvalue weighted by Gasteiger charge is 2.05. The first kappa shape index (κ1) is 13.1. The molecule has 2 aromatic rings. The molecule has 2 heterocycles. The van der Waals surface area contributed by atoms with E-state index in [0.717, 1.165) is 41.7 Å². The van der Waals surface area contributed by atoms with Crippen LogP contribution >= 0.6 is 11.3 Å². The van der Waals surface area contributed by atoms with Gasteiger partial charge in [0.1, 0.15) is 10.0 Å². The highest BCUT2D eigenvalue weighted by molar-refractivity contribution is 7.14. The van der Waals surface area contributed by atoms with Crippen LogP contribution in [0.1, 0.15) is 5.01 Å². The van der Waals surface area contributed by atoms with Crippen LogP contribution in [0, 0.1) is 0 Å². The monoisotopic (exact) mass is 264 g/mol. The minimum Gasteiger partial charge on any atom is -0.383 e. The largest absolute Gasteiger partial charge is 0.383 e. The van der Waals surface area contributed by atoms with Gasteiger partial charge in [0.05, 0.1) is 6.61 Å². The van der Waals surface area contributed by atoms with Crippen molar-refractivity contribution in [1.29, 1.82) is 0 Å². The number of hydrogen-bond acceptors (Lipinski definition) is 6. The lowest BCUT2D eigenvalue weighted by Gasteiger charge is -2.00.